The van der Waals surface area contributed by atoms with Crippen LogP contribution in [0, 0.1) is 0 Å². The summed E-state index contributed by atoms with van der Waals surface area (Å²) in [7, 11) is 0. The van der Waals surface area contributed by atoms with Crippen LogP contribution in [0.4, 0.5) is 6.01 Å². The number of nitrogens with one attached hydrogen (secondary N) is 1. The van der Waals surface area contributed by atoms with Crippen molar-refractivity contribution in [2.45, 2.75) is 6.42 Å². The molecule has 0 bridgehead atoms. The van der Waals surface area contributed by atoms with Gasteiger partial charge in [-0.3, -0.25) is 4.98 Å². The van der Waals surface area contributed by atoms with Gasteiger partial charge in [0, 0.05) is 24.9 Å². The molecule has 6 heteroatoms. The predicted octanol–water partition coefficient (Wildman–Crippen LogP) is 2.58. The second-order valence-electron chi connectivity index (χ2n) is 4.50. The second-order valence-corrected chi connectivity index (χ2v) is 4.50. The van der Waals surface area contributed by atoms with Crippen LogP contribution in [0.25, 0.3) is 11.1 Å². The first-order valence-corrected chi connectivity index (χ1v) is 6.50. The Morgan fingerprint density at radius 3 is 2.95 bits per heavy atom. The number of benzene rings is 1. The average Bonchev–Trinajstić information content (AvgIpc) is 2.90. The summed E-state index contributed by atoms with van der Waals surface area (Å²) in [5, 5.41) is 12.0. The molecule has 2 N–H and O–H groups in total. The van der Waals surface area contributed by atoms with Gasteiger partial charge in [0.25, 0.3) is 6.01 Å². The summed E-state index contributed by atoms with van der Waals surface area (Å²) in [4.78, 5) is 19.4. The lowest BCUT2D eigenvalue weighted by Gasteiger charge is -2.00. The van der Waals surface area contributed by atoms with Crippen LogP contribution in [0.5, 0.6) is 0 Å². The lowest BCUT2D eigenvalue weighted by atomic mass is 10.2. The van der Waals surface area contributed by atoms with Crippen LogP contribution >= 0.6 is 0 Å². The van der Waals surface area contributed by atoms with Crippen molar-refractivity contribution in [2.75, 3.05) is 11.9 Å². The smallest absolute Gasteiger partial charge is 0.335 e. The number of hydrogen-bond acceptors (Lipinski definition) is 5. The third kappa shape index (κ3) is 3.00. The normalized spacial score (nSPS) is 10.7. The van der Waals surface area contributed by atoms with Gasteiger partial charge in [0.05, 0.1) is 5.56 Å². The minimum absolute atomic E-state index is 0.179. The molecule has 0 aliphatic heterocycles. The molecule has 1 aromatic carbocycles. The van der Waals surface area contributed by atoms with Crippen molar-refractivity contribution in [3.8, 4) is 0 Å². The number of anilines is 1. The second kappa shape index (κ2) is 5.62. The Morgan fingerprint density at radius 1 is 1.29 bits per heavy atom. The quantitative estimate of drug-likeness (QED) is 0.748. The lowest BCUT2D eigenvalue weighted by Crippen LogP contribution is -2.05. The number of pyridine rings is 1. The standard InChI is InChI=1S/C15H13N3O3/c19-14(20)10-4-5-12-13(9-10)21-15(18-12)17-8-6-11-3-1-2-7-16-11/h1-5,7,9H,6,8H2,(H,17,18)(H,19,20). The monoisotopic (exact) mass is 283 g/mol. The zero-order chi connectivity index (χ0) is 14.7. The number of hydrogen-bond donors (Lipinski definition) is 2. The van der Waals surface area contributed by atoms with Crippen LogP contribution < -0.4 is 5.32 Å². The Balaban J connectivity index is 1.68. The molecule has 0 spiro atoms. The first-order chi connectivity index (χ1) is 10.2. The summed E-state index contributed by atoms with van der Waals surface area (Å²) in [6.07, 6.45) is 2.50. The molecule has 3 rings (SSSR count). The molecule has 106 valence electrons. The van der Waals surface area contributed by atoms with E-state index in [0.717, 1.165) is 12.1 Å². The Morgan fingerprint density at radius 2 is 2.19 bits per heavy atom. The van der Waals surface area contributed by atoms with E-state index < -0.39 is 5.97 Å². The topological polar surface area (TPSA) is 88.2 Å². The summed E-state index contributed by atoms with van der Waals surface area (Å²) >= 11 is 0. The Labute approximate surface area is 120 Å². The van der Waals surface area contributed by atoms with Crippen LogP contribution in [0.2, 0.25) is 0 Å². The highest BCUT2D eigenvalue weighted by Crippen LogP contribution is 2.20. The fourth-order valence-electron chi connectivity index (χ4n) is 1.98. The van der Waals surface area contributed by atoms with Gasteiger partial charge in [-0.2, -0.15) is 4.98 Å². The van der Waals surface area contributed by atoms with Crippen LogP contribution in [0.15, 0.2) is 47.0 Å². The van der Waals surface area contributed by atoms with Gasteiger partial charge in [-0.05, 0) is 30.3 Å². The number of oxazole rings is 1. The number of aromatic nitrogens is 2. The van der Waals surface area contributed by atoms with Crippen LogP contribution in [0.1, 0.15) is 16.1 Å². The summed E-state index contributed by atoms with van der Waals surface area (Å²) in [5.41, 5.74) is 2.24. The zero-order valence-corrected chi connectivity index (χ0v) is 11.1. The number of carboxylic acid groups (broad SMARTS) is 1. The van der Waals surface area contributed by atoms with Gasteiger partial charge < -0.3 is 14.8 Å². The molecule has 0 unspecified atom stereocenters. The van der Waals surface area contributed by atoms with Crippen molar-refractivity contribution in [1.29, 1.82) is 0 Å². The van der Waals surface area contributed by atoms with E-state index in [2.05, 4.69) is 15.3 Å². The third-order valence-corrected chi connectivity index (χ3v) is 3.02. The molecule has 0 aliphatic carbocycles. The van der Waals surface area contributed by atoms with E-state index in [1.54, 1.807) is 12.3 Å². The van der Waals surface area contributed by atoms with Gasteiger partial charge in [0.1, 0.15) is 5.52 Å². The molecule has 0 fully saturated rings. The highest BCUT2D eigenvalue weighted by atomic mass is 16.4. The SMILES string of the molecule is O=C(O)c1ccc2nc(NCCc3ccccn3)oc2c1. The van der Waals surface area contributed by atoms with E-state index in [9.17, 15) is 4.79 Å². The number of nitrogens with zero attached hydrogens (tertiary/aromatic N) is 2. The minimum Gasteiger partial charge on any atom is -0.478 e. The number of carbonyl (C=O) groups is 1. The van der Waals surface area contributed by atoms with E-state index >= 15 is 0 Å². The van der Waals surface area contributed by atoms with Gasteiger partial charge in [-0.1, -0.05) is 6.07 Å². The highest BCUT2D eigenvalue weighted by Gasteiger charge is 2.09. The third-order valence-electron chi connectivity index (χ3n) is 3.02. The zero-order valence-electron chi connectivity index (χ0n) is 11.1. The molecule has 3 aromatic rings. The Bertz CT molecular complexity index is 768. The van der Waals surface area contributed by atoms with E-state index in [1.165, 1.54) is 12.1 Å². The van der Waals surface area contributed by atoms with Crippen molar-refractivity contribution in [3.63, 3.8) is 0 Å². The highest BCUT2D eigenvalue weighted by molar-refractivity contribution is 5.92. The van der Waals surface area contributed by atoms with Crippen LogP contribution in [-0.2, 0) is 6.42 Å². The molecular formula is C15H13N3O3. The molecule has 0 amide bonds. The van der Waals surface area contributed by atoms with E-state index in [1.807, 2.05) is 18.2 Å². The van der Waals surface area contributed by atoms with E-state index in [-0.39, 0.29) is 5.56 Å². The molecule has 0 atom stereocenters. The molecule has 0 aliphatic rings. The van der Waals surface area contributed by atoms with Crippen molar-refractivity contribution in [1.82, 2.24) is 9.97 Å². The van der Waals surface area contributed by atoms with Gasteiger partial charge >= 0.3 is 5.97 Å². The lowest BCUT2D eigenvalue weighted by molar-refractivity contribution is 0.0697. The fraction of sp³-hybridized carbons (Fsp3) is 0.133. The van der Waals surface area contributed by atoms with Crippen molar-refractivity contribution < 1.29 is 14.3 Å². The van der Waals surface area contributed by atoms with Crippen molar-refractivity contribution in [2.24, 2.45) is 0 Å². The van der Waals surface area contributed by atoms with Crippen LogP contribution in [-0.4, -0.2) is 27.6 Å². The number of fused-ring (bicyclic) bond motifs is 1. The first kappa shape index (κ1) is 13.1. The van der Waals surface area contributed by atoms with Gasteiger partial charge in [-0.25, -0.2) is 4.79 Å². The van der Waals surface area contributed by atoms with Gasteiger partial charge in [0.2, 0.25) is 0 Å². The predicted molar refractivity (Wildman–Crippen MR) is 77.4 cm³/mol. The largest absolute Gasteiger partial charge is 0.478 e. The van der Waals surface area contributed by atoms with E-state index in [0.29, 0.717) is 23.7 Å². The van der Waals surface area contributed by atoms with Gasteiger partial charge in [0.15, 0.2) is 5.58 Å². The maximum Gasteiger partial charge on any atom is 0.335 e. The number of carboxylic acids is 1. The molecule has 0 radical (unpaired) electrons. The summed E-state index contributed by atoms with van der Waals surface area (Å²) < 4.78 is 5.49. The maximum absolute atomic E-state index is 10.9. The van der Waals surface area contributed by atoms with E-state index in [4.69, 9.17) is 9.52 Å². The Hall–Kier alpha value is -2.89. The number of rotatable bonds is 5. The van der Waals surface area contributed by atoms with Gasteiger partial charge in [-0.15, -0.1) is 0 Å². The molecule has 2 heterocycles. The summed E-state index contributed by atoms with van der Waals surface area (Å²) in [6, 6.07) is 10.7. The first-order valence-electron chi connectivity index (χ1n) is 6.50. The molecule has 0 saturated heterocycles. The summed E-state index contributed by atoms with van der Waals surface area (Å²) in [6.45, 7) is 0.635. The molecule has 6 nitrogen and oxygen atoms in total. The maximum atomic E-state index is 10.9. The van der Waals surface area contributed by atoms with Crippen molar-refractivity contribution in [3.05, 3.63) is 53.9 Å². The summed E-state index contributed by atoms with van der Waals surface area (Å²) in [5.74, 6) is -0.988. The fourth-order valence-corrected chi connectivity index (χ4v) is 1.98. The average molecular weight is 283 g/mol. The molecule has 0 saturated carbocycles. The minimum atomic E-state index is -0.988. The van der Waals surface area contributed by atoms with Crippen LogP contribution in [0.3, 0.4) is 0 Å². The molecule has 2 aromatic heterocycles. The molecular weight excluding hydrogens is 270 g/mol. The van der Waals surface area contributed by atoms with Crippen molar-refractivity contribution >= 4 is 23.1 Å². The molecule has 21 heavy (non-hydrogen) atoms. The Kier molecular flexibility index (Phi) is 3.51. The number of aromatic carboxylic acids is 1.